The molecule has 20 heavy (non-hydrogen) atoms. The highest BCUT2D eigenvalue weighted by molar-refractivity contribution is 7.80. The maximum absolute atomic E-state index is 12.7. The molecule has 2 N–H and O–H groups in total. The van der Waals surface area contributed by atoms with Gasteiger partial charge in [0.2, 0.25) is 5.91 Å². The average Bonchev–Trinajstić information content (AvgIpc) is 2.48. The van der Waals surface area contributed by atoms with Gasteiger partial charge in [0, 0.05) is 26.2 Å². The zero-order chi connectivity index (χ0) is 14.5. The van der Waals surface area contributed by atoms with E-state index in [0.717, 1.165) is 38.3 Å². The second kappa shape index (κ2) is 6.81. The summed E-state index contributed by atoms with van der Waals surface area (Å²) in [6.45, 7) is 6.50. The molecule has 1 unspecified atom stereocenters. The third kappa shape index (κ3) is 3.35. The van der Waals surface area contributed by atoms with Gasteiger partial charge in [-0.15, -0.1) is 0 Å². The van der Waals surface area contributed by atoms with Crippen LogP contribution in [0.25, 0.3) is 0 Å². The van der Waals surface area contributed by atoms with Crippen LogP contribution >= 0.6 is 12.2 Å². The minimum absolute atomic E-state index is 0.0273. The molecule has 0 bridgehead atoms. The number of benzene rings is 1. The van der Waals surface area contributed by atoms with E-state index in [9.17, 15) is 4.79 Å². The number of rotatable bonds is 4. The first-order valence-electron chi connectivity index (χ1n) is 6.99. The summed E-state index contributed by atoms with van der Waals surface area (Å²) in [4.78, 5) is 17.1. The van der Waals surface area contributed by atoms with Crippen LogP contribution in [0.4, 0.5) is 0 Å². The van der Waals surface area contributed by atoms with E-state index in [4.69, 9.17) is 18.0 Å². The molecule has 0 saturated carbocycles. The zero-order valence-electron chi connectivity index (χ0n) is 11.8. The van der Waals surface area contributed by atoms with Gasteiger partial charge in [0.15, 0.2) is 0 Å². The van der Waals surface area contributed by atoms with Crippen LogP contribution < -0.4 is 5.73 Å². The van der Waals surface area contributed by atoms with Crippen LogP contribution in [-0.2, 0) is 4.79 Å². The van der Waals surface area contributed by atoms with Crippen LogP contribution in [0.2, 0.25) is 0 Å². The molecule has 0 aliphatic carbocycles. The number of carbonyl (C=O) groups excluding carboxylic acids is 1. The summed E-state index contributed by atoms with van der Waals surface area (Å²) in [5.74, 6) is -0.473. The van der Waals surface area contributed by atoms with Gasteiger partial charge in [-0.1, -0.05) is 49.5 Å². The molecule has 0 spiro atoms. The molecule has 0 radical (unpaired) electrons. The fourth-order valence-electron chi connectivity index (χ4n) is 2.54. The van der Waals surface area contributed by atoms with Crippen molar-refractivity contribution in [2.75, 3.05) is 32.7 Å². The number of hydrogen-bond acceptors (Lipinski definition) is 3. The summed E-state index contributed by atoms with van der Waals surface area (Å²) in [5.41, 5.74) is 6.68. The topological polar surface area (TPSA) is 49.6 Å². The number of thiocarbonyl (C=S) groups is 1. The van der Waals surface area contributed by atoms with Crippen molar-refractivity contribution in [3.63, 3.8) is 0 Å². The molecule has 108 valence electrons. The minimum Gasteiger partial charge on any atom is -0.392 e. The lowest BCUT2D eigenvalue weighted by atomic mass is 9.97. The van der Waals surface area contributed by atoms with Crippen molar-refractivity contribution in [2.45, 2.75) is 12.8 Å². The second-order valence-corrected chi connectivity index (χ2v) is 5.48. The molecule has 4 nitrogen and oxygen atoms in total. The third-order valence-corrected chi connectivity index (χ3v) is 4.03. The predicted octanol–water partition coefficient (Wildman–Crippen LogP) is 1.22. The van der Waals surface area contributed by atoms with Crippen molar-refractivity contribution < 1.29 is 4.79 Å². The number of piperazine rings is 1. The zero-order valence-corrected chi connectivity index (χ0v) is 12.6. The van der Waals surface area contributed by atoms with Crippen LogP contribution in [0, 0.1) is 0 Å². The van der Waals surface area contributed by atoms with Gasteiger partial charge in [-0.25, -0.2) is 0 Å². The molecule has 1 aromatic rings. The number of nitrogens with two attached hydrogens (primary N) is 1. The van der Waals surface area contributed by atoms with Crippen LogP contribution in [0.3, 0.4) is 0 Å². The van der Waals surface area contributed by atoms with Crippen LogP contribution in [0.5, 0.6) is 0 Å². The summed E-state index contributed by atoms with van der Waals surface area (Å²) >= 11 is 5.11. The molecule has 1 aliphatic rings. The molecule has 1 aromatic carbocycles. The van der Waals surface area contributed by atoms with Crippen molar-refractivity contribution in [3.8, 4) is 0 Å². The van der Waals surface area contributed by atoms with Gasteiger partial charge in [0.25, 0.3) is 0 Å². The number of nitrogens with zero attached hydrogens (tertiary/aromatic N) is 2. The van der Waals surface area contributed by atoms with E-state index >= 15 is 0 Å². The fraction of sp³-hybridized carbons (Fsp3) is 0.467. The molecule has 1 atom stereocenters. The van der Waals surface area contributed by atoms with E-state index in [1.165, 1.54) is 0 Å². The molecule has 1 fully saturated rings. The summed E-state index contributed by atoms with van der Waals surface area (Å²) in [5, 5.41) is 0. The SMILES string of the molecule is CCN1CCN(C(=O)C(C(N)=S)c2ccccc2)CC1. The maximum Gasteiger partial charge on any atom is 0.237 e. The Balaban J connectivity index is 2.11. The lowest BCUT2D eigenvalue weighted by molar-refractivity contribution is -0.132. The molecule has 2 rings (SSSR count). The molecule has 1 saturated heterocycles. The monoisotopic (exact) mass is 291 g/mol. The van der Waals surface area contributed by atoms with Crippen molar-refractivity contribution in [1.82, 2.24) is 9.80 Å². The van der Waals surface area contributed by atoms with Crippen LogP contribution in [0.1, 0.15) is 18.4 Å². The molecule has 1 aliphatic heterocycles. The Morgan fingerprint density at radius 1 is 1.25 bits per heavy atom. The quantitative estimate of drug-likeness (QED) is 0.848. The number of likely N-dealkylation sites (N-methyl/N-ethyl adjacent to an activating group) is 1. The second-order valence-electron chi connectivity index (χ2n) is 5.01. The standard InChI is InChI=1S/C15H21N3OS/c1-2-17-8-10-18(11-9-17)15(19)13(14(16)20)12-6-4-3-5-7-12/h3-7,13H,2,8-11H2,1H3,(H2,16,20). The van der Waals surface area contributed by atoms with Gasteiger partial charge < -0.3 is 15.5 Å². The Kier molecular flexibility index (Phi) is 5.09. The Labute approximate surface area is 125 Å². The highest BCUT2D eigenvalue weighted by Crippen LogP contribution is 2.20. The van der Waals surface area contributed by atoms with Crippen molar-refractivity contribution in [3.05, 3.63) is 35.9 Å². The van der Waals surface area contributed by atoms with E-state index in [1.807, 2.05) is 35.2 Å². The lowest BCUT2D eigenvalue weighted by Gasteiger charge is -2.35. The molecule has 1 amide bonds. The highest BCUT2D eigenvalue weighted by Gasteiger charge is 2.30. The van der Waals surface area contributed by atoms with E-state index < -0.39 is 5.92 Å². The summed E-state index contributed by atoms with van der Waals surface area (Å²) in [7, 11) is 0. The van der Waals surface area contributed by atoms with Gasteiger partial charge in [-0.05, 0) is 12.1 Å². The first kappa shape index (κ1) is 14.9. The van der Waals surface area contributed by atoms with Gasteiger partial charge in [-0.3, -0.25) is 4.79 Å². The molecular formula is C15H21N3OS. The highest BCUT2D eigenvalue weighted by atomic mass is 32.1. The van der Waals surface area contributed by atoms with Gasteiger partial charge in [-0.2, -0.15) is 0 Å². The smallest absolute Gasteiger partial charge is 0.237 e. The van der Waals surface area contributed by atoms with Crippen molar-refractivity contribution in [2.24, 2.45) is 5.73 Å². The summed E-state index contributed by atoms with van der Waals surface area (Å²) in [6, 6.07) is 9.55. The van der Waals surface area contributed by atoms with E-state index in [2.05, 4.69) is 11.8 Å². The largest absolute Gasteiger partial charge is 0.392 e. The van der Waals surface area contributed by atoms with Crippen LogP contribution in [0.15, 0.2) is 30.3 Å². The van der Waals surface area contributed by atoms with Crippen LogP contribution in [-0.4, -0.2) is 53.4 Å². The first-order valence-corrected chi connectivity index (χ1v) is 7.39. The van der Waals surface area contributed by atoms with E-state index in [-0.39, 0.29) is 10.9 Å². The van der Waals surface area contributed by atoms with Gasteiger partial charge >= 0.3 is 0 Å². The van der Waals surface area contributed by atoms with E-state index in [1.54, 1.807) is 0 Å². The Morgan fingerprint density at radius 3 is 2.35 bits per heavy atom. The van der Waals surface area contributed by atoms with Gasteiger partial charge in [0.05, 0.1) is 4.99 Å². The Bertz CT molecular complexity index is 469. The Hall–Kier alpha value is -1.46. The average molecular weight is 291 g/mol. The van der Waals surface area contributed by atoms with E-state index in [0.29, 0.717) is 0 Å². The van der Waals surface area contributed by atoms with Crippen molar-refractivity contribution in [1.29, 1.82) is 0 Å². The number of amides is 1. The number of carbonyl (C=O) groups is 1. The molecule has 0 aromatic heterocycles. The normalized spacial score (nSPS) is 17.8. The molecule has 5 heteroatoms. The summed E-state index contributed by atoms with van der Waals surface area (Å²) in [6.07, 6.45) is 0. The summed E-state index contributed by atoms with van der Waals surface area (Å²) < 4.78 is 0. The minimum atomic E-state index is -0.501. The first-order chi connectivity index (χ1) is 9.63. The predicted molar refractivity (Wildman–Crippen MR) is 84.7 cm³/mol. The molecular weight excluding hydrogens is 270 g/mol. The van der Waals surface area contributed by atoms with Gasteiger partial charge in [0.1, 0.15) is 5.92 Å². The maximum atomic E-state index is 12.7. The van der Waals surface area contributed by atoms with Crippen molar-refractivity contribution >= 4 is 23.1 Å². The number of hydrogen-bond donors (Lipinski definition) is 1. The molecule has 1 heterocycles. The Morgan fingerprint density at radius 2 is 1.85 bits per heavy atom. The lowest BCUT2D eigenvalue weighted by Crippen LogP contribution is -2.51. The fourth-order valence-corrected chi connectivity index (χ4v) is 2.78. The third-order valence-electron chi connectivity index (χ3n) is 3.80.